The Morgan fingerprint density at radius 3 is 2.75 bits per heavy atom. The van der Waals surface area contributed by atoms with Crippen LogP contribution in [0, 0.1) is 5.92 Å². The first kappa shape index (κ1) is 12.8. The highest BCUT2D eigenvalue weighted by Gasteiger charge is 2.30. The fraction of sp³-hybridized carbons (Fsp3) is 0.818. The summed E-state index contributed by atoms with van der Waals surface area (Å²) in [5, 5.41) is 2.42. The molecule has 0 radical (unpaired) electrons. The van der Waals surface area contributed by atoms with Crippen LogP contribution in [0.2, 0.25) is 0 Å². The minimum absolute atomic E-state index is 0.0237. The van der Waals surface area contributed by atoms with E-state index in [9.17, 15) is 9.59 Å². The van der Waals surface area contributed by atoms with Crippen LogP contribution in [0.3, 0.4) is 0 Å². The van der Waals surface area contributed by atoms with Crippen molar-refractivity contribution < 1.29 is 14.3 Å². The molecule has 16 heavy (non-hydrogen) atoms. The quantitative estimate of drug-likeness (QED) is 0.783. The molecule has 1 atom stereocenters. The van der Waals surface area contributed by atoms with Crippen molar-refractivity contribution in [1.82, 2.24) is 10.2 Å². The molecule has 0 aromatic heterocycles. The van der Waals surface area contributed by atoms with E-state index in [2.05, 4.69) is 23.9 Å². The topological polar surface area (TPSA) is 58.6 Å². The maximum absolute atomic E-state index is 11.8. The molecule has 1 saturated heterocycles. The Morgan fingerprint density at radius 1 is 1.50 bits per heavy atom. The van der Waals surface area contributed by atoms with E-state index in [0.29, 0.717) is 12.0 Å². The lowest BCUT2D eigenvalue weighted by Gasteiger charge is -2.27. The molecule has 0 bridgehead atoms. The fourth-order valence-electron chi connectivity index (χ4n) is 2.12. The standard InChI is InChI=1S/C11H20N2O3/c1-8(2)9-5-4-6-13(9)10(14)7-12-11(15)16-3/h8-9H,4-7H2,1-3H3,(H,12,15)/t9-/m0/s1. The number of alkyl carbamates (subject to hydrolysis) is 1. The molecular formula is C11H20N2O3. The summed E-state index contributed by atoms with van der Waals surface area (Å²) in [4.78, 5) is 24.5. The van der Waals surface area contributed by atoms with E-state index in [1.807, 2.05) is 4.90 Å². The van der Waals surface area contributed by atoms with E-state index in [-0.39, 0.29) is 12.5 Å². The lowest BCUT2D eigenvalue weighted by atomic mass is 10.0. The fourth-order valence-corrected chi connectivity index (χ4v) is 2.12. The molecule has 1 rings (SSSR count). The van der Waals surface area contributed by atoms with Gasteiger partial charge in [0.15, 0.2) is 0 Å². The zero-order valence-corrected chi connectivity index (χ0v) is 10.2. The first-order valence-electron chi connectivity index (χ1n) is 5.67. The number of nitrogens with zero attached hydrogens (tertiary/aromatic N) is 1. The number of methoxy groups -OCH3 is 1. The minimum Gasteiger partial charge on any atom is -0.453 e. The second-order valence-electron chi connectivity index (χ2n) is 4.39. The molecule has 0 aliphatic carbocycles. The van der Waals surface area contributed by atoms with Crippen LogP contribution in [-0.4, -0.2) is 43.1 Å². The van der Waals surface area contributed by atoms with Crippen LogP contribution < -0.4 is 5.32 Å². The monoisotopic (exact) mass is 228 g/mol. The largest absolute Gasteiger partial charge is 0.453 e. The molecule has 0 aromatic carbocycles. The third-order valence-corrected chi connectivity index (χ3v) is 2.96. The number of likely N-dealkylation sites (tertiary alicyclic amines) is 1. The number of carbonyl (C=O) groups is 2. The summed E-state index contributed by atoms with van der Waals surface area (Å²) < 4.78 is 4.42. The predicted octanol–water partition coefficient (Wildman–Crippen LogP) is 0.989. The van der Waals surface area contributed by atoms with Crippen molar-refractivity contribution in [3.05, 3.63) is 0 Å². The molecule has 92 valence electrons. The number of rotatable bonds is 3. The van der Waals surface area contributed by atoms with Crippen LogP contribution in [0.5, 0.6) is 0 Å². The molecule has 1 aliphatic heterocycles. The van der Waals surface area contributed by atoms with Gasteiger partial charge in [-0.15, -0.1) is 0 Å². The highest BCUT2D eigenvalue weighted by molar-refractivity contribution is 5.82. The third kappa shape index (κ3) is 3.12. The Kier molecular flexibility index (Phi) is 4.58. The molecule has 2 amide bonds. The van der Waals surface area contributed by atoms with Crippen LogP contribution >= 0.6 is 0 Å². The number of carbonyl (C=O) groups excluding carboxylic acids is 2. The second kappa shape index (κ2) is 5.72. The van der Waals surface area contributed by atoms with Gasteiger partial charge < -0.3 is 15.0 Å². The van der Waals surface area contributed by atoms with Crippen LogP contribution in [0.1, 0.15) is 26.7 Å². The zero-order chi connectivity index (χ0) is 12.1. The van der Waals surface area contributed by atoms with Crippen molar-refractivity contribution in [3.8, 4) is 0 Å². The Bertz CT molecular complexity index is 266. The van der Waals surface area contributed by atoms with E-state index in [4.69, 9.17) is 0 Å². The lowest BCUT2D eigenvalue weighted by molar-refractivity contribution is -0.131. The summed E-state index contributed by atoms with van der Waals surface area (Å²) in [7, 11) is 1.28. The van der Waals surface area contributed by atoms with Crippen LogP contribution in [0.15, 0.2) is 0 Å². The van der Waals surface area contributed by atoms with Gasteiger partial charge in [0.1, 0.15) is 6.54 Å². The number of amides is 2. The van der Waals surface area contributed by atoms with Gasteiger partial charge in [-0.1, -0.05) is 13.8 Å². The Morgan fingerprint density at radius 2 is 2.19 bits per heavy atom. The van der Waals surface area contributed by atoms with Crippen molar-refractivity contribution in [1.29, 1.82) is 0 Å². The first-order valence-corrected chi connectivity index (χ1v) is 5.67. The zero-order valence-electron chi connectivity index (χ0n) is 10.2. The van der Waals surface area contributed by atoms with E-state index in [1.165, 1.54) is 7.11 Å². The Balaban J connectivity index is 2.44. The molecule has 5 heteroatoms. The van der Waals surface area contributed by atoms with Crippen molar-refractivity contribution >= 4 is 12.0 Å². The van der Waals surface area contributed by atoms with Gasteiger partial charge in [0, 0.05) is 12.6 Å². The summed E-state index contributed by atoms with van der Waals surface area (Å²) in [6.07, 6.45) is 1.54. The maximum atomic E-state index is 11.8. The summed E-state index contributed by atoms with van der Waals surface area (Å²) in [6, 6.07) is 0.312. The first-order chi connectivity index (χ1) is 7.56. The van der Waals surface area contributed by atoms with Gasteiger partial charge in [-0.2, -0.15) is 0 Å². The van der Waals surface area contributed by atoms with Crippen LogP contribution in [-0.2, 0) is 9.53 Å². The molecule has 1 heterocycles. The molecule has 0 saturated carbocycles. The molecule has 1 aliphatic rings. The molecule has 5 nitrogen and oxygen atoms in total. The average Bonchev–Trinajstić information content (AvgIpc) is 2.74. The van der Waals surface area contributed by atoms with Crippen molar-refractivity contribution in [2.45, 2.75) is 32.7 Å². The number of hydrogen-bond acceptors (Lipinski definition) is 3. The average molecular weight is 228 g/mol. The smallest absolute Gasteiger partial charge is 0.407 e. The highest BCUT2D eigenvalue weighted by Crippen LogP contribution is 2.23. The van der Waals surface area contributed by atoms with Crippen molar-refractivity contribution in [3.63, 3.8) is 0 Å². The molecule has 0 unspecified atom stereocenters. The lowest BCUT2D eigenvalue weighted by Crippen LogP contribution is -2.44. The van der Waals surface area contributed by atoms with E-state index in [1.54, 1.807) is 0 Å². The van der Waals surface area contributed by atoms with Crippen LogP contribution in [0.4, 0.5) is 4.79 Å². The molecule has 1 N–H and O–H groups in total. The number of nitrogens with one attached hydrogen (secondary N) is 1. The normalized spacial score (nSPS) is 20.0. The number of ether oxygens (including phenoxy) is 1. The maximum Gasteiger partial charge on any atom is 0.407 e. The van der Waals surface area contributed by atoms with E-state index < -0.39 is 6.09 Å². The van der Waals surface area contributed by atoms with Gasteiger partial charge in [0.25, 0.3) is 0 Å². The van der Waals surface area contributed by atoms with Gasteiger partial charge in [-0.3, -0.25) is 4.79 Å². The second-order valence-corrected chi connectivity index (χ2v) is 4.39. The Hall–Kier alpha value is -1.26. The number of hydrogen-bond donors (Lipinski definition) is 1. The molecular weight excluding hydrogens is 208 g/mol. The third-order valence-electron chi connectivity index (χ3n) is 2.96. The summed E-state index contributed by atoms with van der Waals surface area (Å²) in [5.41, 5.74) is 0. The van der Waals surface area contributed by atoms with Crippen LogP contribution in [0.25, 0.3) is 0 Å². The van der Waals surface area contributed by atoms with Gasteiger partial charge in [0.05, 0.1) is 7.11 Å². The molecule has 0 spiro atoms. The predicted molar refractivity (Wildman–Crippen MR) is 60.0 cm³/mol. The van der Waals surface area contributed by atoms with Crippen molar-refractivity contribution in [2.75, 3.05) is 20.2 Å². The minimum atomic E-state index is -0.561. The highest BCUT2D eigenvalue weighted by atomic mass is 16.5. The van der Waals surface area contributed by atoms with Crippen molar-refractivity contribution in [2.24, 2.45) is 5.92 Å². The summed E-state index contributed by atoms with van der Waals surface area (Å²) in [5.74, 6) is 0.436. The van der Waals surface area contributed by atoms with Gasteiger partial charge in [-0.05, 0) is 18.8 Å². The van der Waals surface area contributed by atoms with E-state index >= 15 is 0 Å². The Labute approximate surface area is 96.1 Å². The van der Waals surface area contributed by atoms with Gasteiger partial charge >= 0.3 is 6.09 Å². The summed E-state index contributed by atoms with van der Waals surface area (Å²) >= 11 is 0. The van der Waals surface area contributed by atoms with Gasteiger partial charge in [-0.25, -0.2) is 4.79 Å². The van der Waals surface area contributed by atoms with E-state index in [0.717, 1.165) is 19.4 Å². The molecule has 0 aromatic rings. The molecule has 1 fully saturated rings. The summed E-state index contributed by atoms with van der Waals surface area (Å²) in [6.45, 7) is 5.05. The SMILES string of the molecule is COC(=O)NCC(=O)N1CCC[C@H]1C(C)C. The van der Waals surface area contributed by atoms with Gasteiger partial charge in [0.2, 0.25) is 5.91 Å².